The van der Waals surface area contributed by atoms with Crippen molar-refractivity contribution >= 4 is 27.6 Å². The highest BCUT2D eigenvalue weighted by Crippen LogP contribution is 2.47. The Morgan fingerprint density at radius 1 is 1.12 bits per heavy atom. The zero-order chi connectivity index (χ0) is 22.9. The molecule has 1 heterocycles. The maximum absolute atomic E-state index is 12.7. The highest BCUT2D eigenvalue weighted by Gasteiger charge is 2.24. The monoisotopic (exact) mass is 470 g/mol. The SMILES string of the molecule is Cc1ccc(S(=O)(=O)Oc2cc(O)c3c(c2)Cc2c(NCCN(C)C)cccc2S3)cc1. The van der Waals surface area contributed by atoms with Gasteiger partial charge in [0.25, 0.3) is 0 Å². The maximum Gasteiger partial charge on any atom is 0.339 e. The molecule has 0 fully saturated rings. The number of nitrogens with zero attached hydrogens (tertiary/aromatic N) is 1. The third-order valence-electron chi connectivity index (χ3n) is 5.22. The molecule has 8 heteroatoms. The molecule has 0 aliphatic carbocycles. The van der Waals surface area contributed by atoms with Gasteiger partial charge in [-0.25, -0.2) is 0 Å². The zero-order valence-electron chi connectivity index (χ0n) is 18.3. The summed E-state index contributed by atoms with van der Waals surface area (Å²) in [5.74, 6) is 0.113. The summed E-state index contributed by atoms with van der Waals surface area (Å²) < 4.78 is 30.8. The quantitative estimate of drug-likeness (QED) is 0.385. The molecule has 3 aromatic carbocycles. The molecule has 0 bridgehead atoms. The molecule has 0 unspecified atom stereocenters. The van der Waals surface area contributed by atoms with Gasteiger partial charge in [-0.2, -0.15) is 8.42 Å². The largest absolute Gasteiger partial charge is 0.507 e. The normalized spacial score (nSPS) is 12.9. The van der Waals surface area contributed by atoms with Gasteiger partial charge in [0.05, 0.1) is 4.90 Å². The predicted molar refractivity (Wildman–Crippen MR) is 128 cm³/mol. The van der Waals surface area contributed by atoms with Crippen LogP contribution in [0.1, 0.15) is 16.7 Å². The first-order valence-electron chi connectivity index (χ1n) is 10.3. The average molecular weight is 471 g/mol. The third-order valence-corrected chi connectivity index (χ3v) is 7.76. The first-order valence-corrected chi connectivity index (χ1v) is 12.5. The Labute approximate surface area is 193 Å². The van der Waals surface area contributed by atoms with Crippen molar-refractivity contribution in [2.75, 3.05) is 32.5 Å². The van der Waals surface area contributed by atoms with Crippen LogP contribution in [0.3, 0.4) is 0 Å². The molecule has 1 aliphatic heterocycles. The smallest absolute Gasteiger partial charge is 0.339 e. The zero-order valence-corrected chi connectivity index (χ0v) is 19.9. The van der Waals surface area contributed by atoms with Crippen molar-refractivity contribution in [3.05, 3.63) is 71.3 Å². The molecule has 1 aliphatic rings. The predicted octanol–water partition coefficient (Wildman–Crippen LogP) is 4.50. The number of hydrogen-bond donors (Lipinski definition) is 2. The maximum atomic E-state index is 12.7. The number of aryl methyl sites for hydroxylation is 1. The molecular weight excluding hydrogens is 444 g/mol. The molecular formula is C24H26N2O4S2. The number of anilines is 1. The van der Waals surface area contributed by atoms with Crippen molar-refractivity contribution < 1.29 is 17.7 Å². The van der Waals surface area contributed by atoms with Gasteiger partial charge in [0.2, 0.25) is 0 Å². The lowest BCUT2D eigenvalue weighted by molar-refractivity contribution is 0.425. The minimum Gasteiger partial charge on any atom is -0.507 e. The van der Waals surface area contributed by atoms with Crippen molar-refractivity contribution in [3.63, 3.8) is 0 Å². The fraction of sp³-hybridized carbons (Fsp3) is 0.250. The molecule has 0 spiro atoms. The number of phenolic OH excluding ortho intramolecular Hbond substituents is 1. The second-order valence-electron chi connectivity index (χ2n) is 8.07. The van der Waals surface area contributed by atoms with Gasteiger partial charge in [-0.3, -0.25) is 0 Å². The van der Waals surface area contributed by atoms with Crippen LogP contribution in [0.4, 0.5) is 5.69 Å². The Balaban J connectivity index is 1.61. The summed E-state index contributed by atoms with van der Waals surface area (Å²) in [6.07, 6.45) is 0.568. The molecule has 4 rings (SSSR count). The van der Waals surface area contributed by atoms with Gasteiger partial charge in [0, 0.05) is 36.2 Å². The standard InChI is InChI=1S/C24H26N2O4S2/c1-16-7-9-19(10-8-16)32(28,29)30-18-13-17-14-20-21(25-11-12-26(2)3)5-4-6-23(20)31-24(17)22(27)15-18/h4-10,13,15,25,27H,11-12,14H2,1-3H3. The second-order valence-corrected chi connectivity index (χ2v) is 10.7. The van der Waals surface area contributed by atoms with E-state index in [0.717, 1.165) is 45.3 Å². The number of phenols is 1. The molecule has 2 N–H and O–H groups in total. The van der Waals surface area contributed by atoms with E-state index in [1.165, 1.54) is 30.0 Å². The van der Waals surface area contributed by atoms with Gasteiger partial charge >= 0.3 is 10.1 Å². The Bertz CT molecular complexity index is 1240. The minimum absolute atomic E-state index is 0.0122. The first-order chi connectivity index (χ1) is 15.2. The van der Waals surface area contributed by atoms with Crippen LogP contribution in [0, 0.1) is 6.92 Å². The van der Waals surface area contributed by atoms with Crippen molar-refractivity contribution in [2.45, 2.75) is 28.0 Å². The fourth-order valence-corrected chi connectivity index (χ4v) is 5.56. The number of likely N-dealkylation sites (N-methyl/N-ethyl adjacent to an activating group) is 1. The molecule has 168 valence electrons. The van der Waals surface area contributed by atoms with Crippen molar-refractivity contribution in [1.82, 2.24) is 4.90 Å². The van der Waals surface area contributed by atoms with E-state index in [1.807, 2.05) is 39.2 Å². The van der Waals surface area contributed by atoms with Gasteiger partial charge in [0.1, 0.15) is 16.4 Å². The highest BCUT2D eigenvalue weighted by atomic mass is 32.2. The lowest BCUT2D eigenvalue weighted by atomic mass is 10.0. The van der Waals surface area contributed by atoms with Crippen molar-refractivity contribution in [2.24, 2.45) is 0 Å². The topological polar surface area (TPSA) is 78.9 Å². The van der Waals surface area contributed by atoms with Gasteiger partial charge in [-0.15, -0.1) is 0 Å². The van der Waals surface area contributed by atoms with E-state index >= 15 is 0 Å². The Morgan fingerprint density at radius 3 is 2.59 bits per heavy atom. The number of benzene rings is 3. The molecule has 3 aromatic rings. The molecule has 32 heavy (non-hydrogen) atoms. The highest BCUT2D eigenvalue weighted by molar-refractivity contribution is 7.99. The molecule has 0 aromatic heterocycles. The molecule has 0 atom stereocenters. The van der Waals surface area contributed by atoms with Gasteiger partial charge in [0.15, 0.2) is 0 Å². The van der Waals surface area contributed by atoms with E-state index in [-0.39, 0.29) is 16.4 Å². The summed E-state index contributed by atoms with van der Waals surface area (Å²) in [6, 6.07) is 15.6. The Kier molecular flexibility index (Phi) is 6.37. The summed E-state index contributed by atoms with van der Waals surface area (Å²) in [6.45, 7) is 3.60. The van der Waals surface area contributed by atoms with Crippen LogP contribution < -0.4 is 9.50 Å². The van der Waals surface area contributed by atoms with E-state index in [9.17, 15) is 13.5 Å². The number of rotatable bonds is 7. The molecule has 0 amide bonds. The van der Waals surface area contributed by atoms with Crippen LogP contribution in [-0.2, 0) is 16.5 Å². The summed E-state index contributed by atoms with van der Waals surface area (Å²) in [7, 11) is 0.0648. The van der Waals surface area contributed by atoms with E-state index in [2.05, 4.69) is 10.2 Å². The summed E-state index contributed by atoms with van der Waals surface area (Å²) >= 11 is 1.48. The number of fused-ring (bicyclic) bond motifs is 2. The molecule has 0 saturated heterocycles. The summed E-state index contributed by atoms with van der Waals surface area (Å²) in [5, 5.41) is 14.1. The number of aromatic hydroxyl groups is 1. The van der Waals surface area contributed by atoms with Gasteiger partial charge in [-0.05, 0) is 62.5 Å². The van der Waals surface area contributed by atoms with Crippen molar-refractivity contribution in [1.29, 1.82) is 0 Å². The van der Waals surface area contributed by atoms with Crippen LogP contribution in [0.25, 0.3) is 0 Å². The second kappa shape index (κ2) is 9.05. The van der Waals surface area contributed by atoms with Crippen LogP contribution >= 0.6 is 11.8 Å². The summed E-state index contributed by atoms with van der Waals surface area (Å²) in [5.41, 5.74) is 3.96. The van der Waals surface area contributed by atoms with Crippen LogP contribution in [0.5, 0.6) is 11.5 Å². The summed E-state index contributed by atoms with van der Waals surface area (Å²) in [4.78, 5) is 3.99. The van der Waals surface area contributed by atoms with E-state index in [0.29, 0.717) is 6.42 Å². The lowest BCUT2D eigenvalue weighted by Gasteiger charge is -2.24. The average Bonchev–Trinajstić information content (AvgIpc) is 2.73. The van der Waals surface area contributed by atoms with E-state index < -0.39 is 10.1 Å². The van der Waals surface area contributed by atoms with E-state index in [4.69, 9.17) is 4.18 Å². The van der Waals surface area contributed by atoms with Crippen LogP contribution in [0.15, 0.2) is 69.3 Å². The molecule has 0 saturated carbocycles. The number of hydrogen-bond acceptors (Lipinski definition) is 7. The van der Waals surface area contributed by atoms with Gasteiger partial charge in [-0.1, -0.05) is 35.5 Å². The lowest BCUT2D eigenvalue weighted by Crippen LogP contribution is -2.21. The fourth-order valence-electron chi connectivity index (χ4n) is 3.54. The number of nitrogens with one attached hydrogen (secondary N) is 1. The van der Waals surface area contributed by atoms with E-state index in [1.54, 1.807) is 18.2 Å². The third kappa shape index (κ3) is 4.87. The molecule has 6 nitrogen and oxygen atoms in total. The van der Waals surface area contributed by atoms with Crippen LogP contribution in [-0.4, -0.2) is 45.6 Å². The first kappa shape index (κ1) is 22.5. The van der Waals surface area contributed by atoms with Crippen molar-refractivity contribution in [3.8, 4) is 11.5 Å². The van der Waals surface area contributed by atoms with Crippen LogP contribution in [0.2, 0.25) is 0 Å². The Morgan fingerprint density at radius 2 is 1.88 bits per heavy atom. The van der Waals surface area contributed by atoms with Gasteiger partial charge < -0.3 is 19.5 Å². The Hall–Kier alpha value is -2.68. The molecule has 0 radical (unpaired) electrons. The minimum atomic E-state index is -4.00.